The molecule has 0 radical (unpaired) electrons. The Morgan fingerprint density at radius 3 is 2.74 bits per heavy atom. The minimum Gasteiger partial charge on any atom is -0.456 e. The molecule has 2 aliphatic heterocycles. The Morgan fingerprint density at radius 1 is 1.15 bits per heavy atom. The topological polar surface area (TPSA) is 137 Å². The van der Waals surface area contributed by atoms with Crippen LogP contribution in [-0.4, -0.2) is 88.8 Å². The van der Waals surface area contributed by atoms with Gasteiger partial charge in [-0.15, -0.1) is 11.3 Å². The predicted octanol–water partition coefficient (Wildman–Crippen LogP) is 1.96. The summed E-state index contributed by atoms with van der Waals surface area (Å²) in [6.07, 6.45) is 1.18. The molecule has 3 amide bonds. The van der Waals surface area contributed by atoms with Crippen molar-refractivity contribution in [1.82, 2.24) is 30.4 Å². The standard InChI is InChI=1S/C26H29ClN6O5S/c1-14(34)38-13-23(35)33-8-6-18(29-24(36)20-10-15-9-16(27)3-4-17(15)28-20)21(11-33)30-25(37)26-31-19-5-7-32(2)12-22(19)39-26/h3-4,9-10,18,21,28H,5-8,11-13H2,1-2H3,(H,29,36)(H,30,37). The zero-order chi connectivity index (χ0) is 27.7. The Labute approximate surface area is 233 Å². The van der Waals surface area contributed by atoms with Gasteiger partial charge in [0.05, 0.1) is 17.8 Å². The highest BCUT2D eigenvalue weighted by atomic mass is 35.5. The van der Waals surface area contributed by atoms with Crippen molar-refractivity contribution in [1.29, 1.82) is 0 Å². The number of esters is 1. The van der Waals surface area contributed by atoms with Gasteiger partial charge in [0, 0.05) is 60.3 Å². The van der Waals surface area contributed by atoms with E-state index in [2.05, 4.69) is 25.5 Å². The Bertz CT molecular complexity index is 1440. The van der Waals surface area contributed by atoms with Crippen LogP contribution in [0.15, 0.2) is 24.3 Å². The van der Waals surface area contributed by atoms with Crippen LogP contribution in [0.25, 0.3) is 10.9 Å². The second kappa shape index (κ2) is 11.3. The van der Waals surface area contributed by atoms with Crippen LogP contribution in [0.4, 0.5) is 0 Å². The lowest BCUT2D eigenvalue weighted by Crippen LogP contribution is -2.61. The summed E-state index contributed by atoms with van der Waals surface area (Å²) in [5, 5.41) is 7.75. The number of thiazole rings is 1. The van der Waals surface area contributed by atoms with Crippen molar-refractivity contribution in [3.8, 4) is 0 Å². The number of carbonyl (C=O) groups is 4. The van der Waals surface area contributed by atoms with E-state index in [4.69, 9.17) is 16.3 Å². The molecule has 0 bridgehead atoms. The molecule has 39 heavy (non-hydrogen) atoms. The highest BCUT2D eigenvalue weighted by molar-refractivity contribution is 7.13. The molecule has 0 saturated carbocycles. The number of rotatable bonds is 6. The first-order valence-electron chi connectivity index (χ1n) is 12.6. The van der Waals surface area contributed by atoms with Crippen LogP contribution >= 0.6 is 22.9 Å². The van der Waals surface area contributed by atoms with Crippen molar-refractivity contribution in [3.05, 3.63) is 50.6 Å². The smallest absolute Gasteiger partial charge is 0.303 e. The molecular formula is C26H29ClN6O5S. The van der Waals surface area contributed by atoms with Gasteiger partial charge >= 0.3 is 5.97 Å². The van der Waals surface area contributed by atoms with Gasteiger partial charge in [0.2, 0.25) is 0 Å². The van der Waals surface area contributed by atoms with Crippen molar-refractivity contribution < 1.29 is 23.9 Å². The maximum absolute atomic E-state index is 13.3. The Hall–Kier alpha value is -3.48. The molecule has 1 fully saturated rings. The average Bonchev–Trinajstić information content (AvgIpc) is 3.52. The van der Waals surface area contributed by atoms with Gasteiger partial charge in [-0.1, -0.05) is 11.6 Å². The minimum atomic E-state index is -0.584. The highest BCUT2D eigenvalue weighted by Crippen LogP contribution is 2.25. The van der Waals surface area contributed by atoms with Crippen LogP contribution in [0.1, 0.15) is 44.2 Å². The number of fused-ring (bicyclic) bond motifs is 2. The summed E-state index contributed by atoms with van der Waals surface area (Å²) in [4.78, 5) is 62.7. The number of likely N-dealkylation sites (tertiary alicyclic amines) is 1. The number of nitrogens with one attached hydrogen (secondary N) is 3. The molecule has 1 saturated heterocycles. The van der Waals surface area contributed by atoms with Gasteiger partial charge in [-0.2, -0.15) is 0 Å². The zero-order valence-corrected chi connectivity index (χ0v) is 23.2. The number of nitrogens with zero attached hydrogens (tertiary/aromatic N) is 3. The fourth-order valence-corrected chi connectivity index (χ4v) is 6.15. The maximum Gasteiger partial charge on any atom is 0.303 e. The van der Waals surface area contributed by atoms with Gasteiger partial charge in [0.25, 0.3) is 17.7 Å². The first-order chi connectivity index (χ1) is 18.7. The Balaban J connectivity index is 1.32. The lowest BCUT2D eigenvalue weighted by Gasteiger charge is -2.39. The van der Waals surface area contributed by atoms with E-state index in [1.807, 2.05) is 7.05 Å². The molecule has 13 heteroatoms. The van der Waals surface area contributed by atoms with E-state index in [-0.39, 0.29) is 30.9 Å². The second-order valence-electron chi connectivity index (χ2n) is 9.86. The molecule has 3 aromatic rings. The Kier molecular flexibility index (Phi) is 7.87. The number of likely N-dealkylation sites (N-methyl/N-ethyl adjacent to an activating group) is 1. The molecule has 2 unspecified atom stereocenters. The number of aromatic amines is 1. The molecule has 5 rings (SSSR count). The predicted molar refractivity (Wildman–Crippen MR) is 146 cm³/mol. The maximum atomic E-state index is 13.3. The van der Waals surface area contributed by atoms with Crippen LogP contribution in [-0.2, 0) is 27.3 Å². The summed E-state index contributed by atoms with van der Waals surface area (Å²) in [7, 11) is 2.03. The van der Waals surface area contributed by atoms with Crippen molar-refractivity contribution in [2.24, 2.45) is 0 Å². The largest absolute Gasteiger partial charge is 0.456 e. The van der Waals surface area contributed by atoms with Crippen molar-refractivity contribution in [2.45, 2.75) is 38.4 Å². The summed E-state index contributed by atoms with van der Waals surface area (Å²) in [5.41, 5.74) is 2.08. The molecule has 11 nitrogen and oxygen atoms in total. The number of amides is 3. The van der Waals surface area contributed by atoms with E-state index in [9.17, 15) is 19.2 Å². The third-order valence-electron chi connectivity index (χ3n) is 6.94. The van der Waals surface area contributed by atoms with E-state index >= 15 is 0 Å². The van der Waals surface area contributed by atoms with Crippen molar-refractivity contribution in [3.63, 3.8) is 0 Å². The van der Waals surface area contributed by atoms with Gasteiger partial charge in [-0.3, -0.25) is 19.2 Å². The first kappa shape index (κ1) is 27.1. The lowest BCUT2D eigenvalue weighted by atomic mass is 9.98. The molecule has 3 N–H and O–H groups in total. The summed E-state index contributed by atoms with van der Waals surface area (Å²) in [5.74, 6) is -1.60. The first-order valence-corrected chi connectivity index (χ1v) is 13.8. The monoisotopic (exact) mass is 572 g/mol. The van der Waals surface area contributed by atoms with E-state index in [0.717, 1.165) is 41.0 Å². The third-order valence-corrected chi connectivity index (χ3v) is 8.26. The molecule has 4 heterocycles. The Morgan fingerprint density at radius 2 is 1.95 bits per heavy atom. The van der Waals surface area contributed by atoms with Crippen LogP contribution in [0.3, 0.4) is 0 Å². The number of hydrogen-bond acceptors (Lipinski definition) is 8. The summed E-state index contributed by atoms with van der Waals surface area (Å²) in [6, 6.07) is 6.00. The SMILES string of the molecule is CC(=O)OCC(=O)N1CCC(NC(=O)c2cc3cc(Cl)ccc3[nH]2)C(NC(=O)c2nc3c(s2)CN(C)CC3)C1. The fraction of sp³-hybridized carbons (Fsp3) is 0.423. The number of ether oxygens (including phenoxy) is 1. The van der Waals surface area contributed by atoms with E-state index < -0.39 is 18.1 Å². The average molecular weight is 573 g/mol. The number of H-pyrrole nitrogens is 1. The van der Waals surface area contributed by atoms with Gasteiger partial charge in [-0.25, -0.2) is 4.98 Å². The van der Waals surface area contributed by atoms with E-state index in [1.54, 1.807) is 24.3 Å². The van der Waals surface area contributed by atoms with Gasteiger partial charge in [-0.05, 0) is 37.7 Å². The van der Waals surface area contributed by atoms with Gasteiger partial charge in [0.1, 0.15) is 5.69 Å². The normalized spacial score (nSPS) is 19.4. The third kappa shape index (κ3) is 6.23. The molecule has 206 valence electrons. The molecular weight excluding hydrogens is 544 g/mol. The summed E-state index contributed by atoms with van der Waals surface area (Å²) >= 11 is 7.44. The van der Waals surface area contributed by atoms with Crippen LogP contribution < -0.4 is 10.6 Å². The fourth-order valence-electron chi connectivity index (χ4n) is 4.87. The molecule has 2 aliphatic rings. The summed E-state index contributed by atoms with van der Waals surface area (Å²) in [6.45, 7) is 2.97. The molecule has 2 aromatic heterocycles. The van der Waals surface area contributed by atoms with Gasteiger partial charge in [0.15, 0.2) is 11.6 Å². The van der Waals surface area contributed by atoms with Crippen LogP contribution in [0.5, 0.6) is 0 Å². The van der Waals surface area contributed by atoms with Crippen LogP contribution in [0, 0.1) is 0 Å². The molecule has 0 spiro atoms. The summed E-state index contributed by atoms with van der Waals surface area (Å²) < 4.78 is 4.87. The minimum absolute atomic E-state index is 0.146. The van der Waals surface area contributed by atoms with Crippen molar-refractivity contribution in [2.75, 3.05) is 33.3 Å². The number of halogens is 1. The number of aromatic nitrogens is 2. The number of carbonyl (C=O) groups excluding carboxylic acids is 4. The number of hydrogen-bond donors (Lipinski definition) is 3. The molecule has 1 aromatic carbocycles. The van der Waals surface area contributed by atoms with Crippen molar-refractivity contribution >= 4 is 57.5 Å². The lowest BCUT2D eigenvalue weighted by molar-refractivity contribution is -0.150. The molecule has 2 atom stereocenters. The van der Waals surface area contributed by atoms with E-state index in [0.29, 0.717) is 28.7 Å². The number of piperidine rings is 1. The highest BCUT2D eigenvalue weighted by Gasteiger charge is 2.35. The second-order valence-corrected chi connectivity index (χ2v) is 11.4. The quantitative estimate of drug-likeness (QED) is 0.384. The van der Waals surface area contributed by atoms with Crippen LogP contribution in [0.2, 0.25) is 5.02 Å². The molecule has 0 aliphatic carbocycles. The number of benzene rings is 1. The van der Waals surface area contributed by atoms with Gasteiger partial charge < -0.3 is 30.2 Å². The zero-order valence-electron chi connectivity index (χ0n) is 21.6. The van der Waals surface area contributed by atoms with E-state index in [1.165, 1.54) is 23.2 Å².